The maximum Gasteiger partial charge on any atom is 0.244 e. The van der Waals surface area contributed by atoms with Crippen molar-refractivity contribution in [3.05, 3.63) is 101 Å². The Morgan fingerprint density at radius 3 is 2.07 bits per heavy atom. The van der Waals surface area contributed by atoms with Crippen LogP contribution in [0.15, 0.2) is 78.9 Å². The summed E-state index contributed by atoms with van der Waals surface area (Å²) >= 11 is 0. The van der Waals surface area contributed by atoms with E-state index < -0.39 is 28.5 Å². The smallest absolute Gasteiger partial charge is 0.244 e. The number of benzene rings is 3. The van der Waals surface area contributed by atoms with E-state index in [-0.39, 0.29) is 18.5 Å². The van der Waals surface area contributed by atoms with Crippen molar-refractivity contribution >= 4 is 27.5 Å². The number of carbonyl (C=O) groups excluding carboxylic acids is 2. The van der Waals surface area contributed by atoms with Gasteiger partial charge in [0, 0.05) is 19.0 Å². The van der Waals surface area contributed by atoms with Crippen LogP contribution >= 0.6 is 0 Å². The molecule has 0 heterocycles. The molecule has 7 nitrogen and oxygen atoms in total. The Kier molecular flexibility index (Phi) is 10.2. The molecule has 1 N–H and O–H groups in total. The second-order valence-electron chi connectivity index (χ2n) is 11.0. The Morgan fingerprint density at radius 2 is 1.46 bits per heavy atom. The van der Waals surface area contributed by atoms with Crippen molar-refractivity contribution in [3.63, 3.8) is 0 Å². The summed E-state index contributed by atoms with van der Waals surface area (Å²) in [7, 11) is -3.80. The molecule has 0 spiro atoms. The summed E-state index contributed by atoms with van der Waals surface area (Å²) in [6, 6.07) is 23.9. The highest BCUT2D eigenvalue weighted by atomic mass is 32.2. The second kappa shape index (κ2) is 13.8. The third kappa shape index (κ3) is 8.19. The fourth-order valence-corrected chi connectivity index (χ4v) is 6.38. The van der Waals surface area contributed by atoms with Crippen LogP contribution in [-0.4, -0.2) is 50.0 Å². The van der Waals surface area contributed by atoms with E-state index in [0.29, 0.717) is 12.1 Å². The number of rotatable bonds is 11. The Labute approximate surface area is 244 Å². The topological polar surface area (TPSA) is 86.8 Å². The molecule has 0 bridgehead atoms. The second-order valence-corrected chi connectivity index (χ2v) is 13.0. The van der Waals surface area contributed by atoms with E-state index in [1.165, 1.54) is 0 Å². The average Bonchev–Trinajstić information content (AvgIpc) is 2.96. The monoisotopic (exact) mass is 575 g/mol. The van der Waals surface area contributed by atoms with E-state index in [9.17, 15) is 18.0 Å². The van der Waals surface area contributed by atoms with E-state index >= 15 is 0 Å². The molecule has 1 aliphatic rings. The van der Waals surface area contributed by atoms with Crippen molar-refractivity contribution in [3.8, 4) is 0 Å². The summed E-state index contributed by atoms with van der Waals surface area (Å²) in [6.07, 6.45) is 6.58. The van der Waals surface area contributed by atoms with Crippen LogP contribution in [0.4, 0.5) is 5.69 Å². The van der Waals surface area contributed by atoms with Crippen molar-refractivity contribution in [1.82, 2.24) is 10.2 Å². The standard InChI is InChI=1S/C33H41N3O4S/c1-25-14-13-21-30(26(25)2)36(41(3,39)40)24-32(37)35(23-28-17-9-5-10-18-28)31(22-27-15-7-4-8-16-27)33(38)34-29-19-11-6-12-20-29/h4-5,7-10,13-18,21,29,31H,6,11-12,19-20,22-24H2,1-3H3,(H,34,38)/t31-/m0/s1. The molecule has 1 atom stereocenters. The highest BCUT2D eigenvalue weighted by molar-refractivity contribution is 7.92. The number of hydrogen-bond donors (Lipinski definition) is 1. The lowest BCUT2D eigenvalue weighted by Gasteiger charge is -2.35. The van der Waals surface area contributed by atoms with Crippen LogP contribution in [0.3, 0.4) is 0 Å². The molecule has 2 amide bonds. The van der Waals surface area contributed by atoms with Crippen molar-refractivity contribution in [1.29, 1.82) is 0 Å². The van der Waals surface area contributed by atoms with Gasteiger partial charge in [-0.05, 0) is 55.0 Å². The average molecular weight is 576 g/mol. The Bertz CT molecular complexity index is 1420. The number of amides is 2. The first kappa shape index (κ1) is 30.3. The van der Waals surface area contributed by atoms with Gasteiger partial charge in [0.2, 0.25) is 21.8 Å². The van der Waals surface area contributed by atoms with Gasteiger partial charge in [-0.2, -0.15) is 0 Å². The number of carbonyl (C=O) groups is 2. The van der Waals surface area contributed by atoms with Gasteiger partial charge in [0.15, 0.2) is 0 Å². The summed E-state index contributed by atoms with van der Waals surface area (Å²) < 4.78 is 27.3. The summed E-state index contributed by atoms with van der Waals surface area (Å²) in [6.45, 7) is 3.54. The van der Waals surface area contributed by atoms with Crippen LogP contribution in [0.25, 0.3) is 0 Å². The predicted octanol–water partition coefficient (Wildman–Crippen LogP) is 5.16. The summed E-state index contributed by atoms with van der Waals surface area (Å²) in [5.41, 5.74) is 3.97. The van der Waals surface area contributed by atoms with Crippen LogP contribution in [-0.2, 0) is 32.6 Å². The largest absolute Gasteiger partial charge is 0.352 e. The van der Waals surface area contributed by atoms with Crippen LogP contribution in [0.2, 0.25) is 0 Å². The molecule has 4 rings (SSSR count). The van der Waals surface area contributed by atoms with Crippen molar-refractivity contribution in [2.45, 2.75) is 71.0 Å². The van der Waals surface area contributed by atoms with Gasteiger partial charge in [0.05, 0.1) is 11.9 Å². The van der Waals surface area contributed by atoms with Gasteiger partial charge in [0.1, 0.15) is 12.6 Å². The highest BCUT2D eigenvalue weighted by Crippen LogP contribution is 2.26. The van der Waals surface area contributed by atoms with Crippen molar-refractivity contribution in [2.75, 3.05) is 17.1 Å². The van der Waals surface area contributed by atoms with E-state index in [2.05, 4.69) is 5.32 Å². The number of anilines is 1. The van der Waals surface area contributed by atoms with Crippen molar-refractivity contribution in [2.24, 2.45) is 0 Å². The Hall–Kier alpha value is -3.65. The van der Waals surface area contributed by atoms with E-state index in [0.717, 1.165) is 64.9 Å². The zero-order valence-corrected chi connectivity index (χ0v) is 25.1. The molecule has 0 unspecified atom stereocenters. The molecule has 218 valence electrons. The van der Waals surface area contributed by atoms with Crippen LogP contribution in [0.5, 0.6) is 0 Å². The van der Waals surface area contributed by atoms with Gasteiger partial charge in [-0.3, -0.25) is 13.9 Å². The van der Waals surface area contributed by atoms with E-state index in [1.807, 2.05) is 80.6 Å². The lowest BCUT2D eigenvalue weighted by molar-refractivity contribution is -0.140. The molecule has 0 radical (unpaired) electrons. The lowest BCUT2D eigenvalue weighted by Crippen LogP contribution is -2.55. The molecule has 3 aromatic rings. The van der Waals surface area contributed by atoms with Gasteiger partial charge >= 0.3 is 0 Å². The third-order valence-electron chi connectivity index (χ3n) is 7.94. The van der Waals surface area contributed by atoms with Crippen LogP contribution in [0, 0.1) is 13.8 Å². The molecular formula is C33H41N3O4S. The molecule has 8 heteroatoms. The minimum absolute atomic E-state index is 0.0747. The Balaban J connectivity index is 1.72. The molecular weight excluding hydrogens is 534 g/mol. The van der Waals surface area contributed by atoms with Crippen LogP contribution in [0.1, 0.15) is 54.4 Å². The van der Waals surface area contributed by atoms with Gasteiger partial charge in [-0.15, -0.1) is 0 Å². The number of hydrogen-bond acceptors (Lipinski definition) is 4. The summed E-state index contributed by atoms with van der Waals surface area (Å²) in [4.78, 5) is 29.8. The predicted molar refractivity (Wildman–Crippen MR) is 164 cm³/mol. The maximum absolute atomic E-state index is 14.2. The van der Waals surface area contributed by atoms with Crippen LogP contribution < -0.4 is 9.62 Å². The summed E-state index contributed by atoms with van der Waals surface area (Å²) in [5.74, 6) is -0.636. The van der Waals surface area contributed by atoms with Gasteiger partial charge in [-0.1, -0.05) is 92.1 Å². The summed E-state index contributed by atoms with van der Waals surface area (Å²) in [5, 5.41) is 3.23. The molecule has 0 saturated heterocycles. The quantitative estimate of drug-likeness (QED) is 0.342. The molecule has 1 aliphatic carbocycles. The van der Waals surface area contributed by atoms with E-state index in [1.54, 1.807) is 17.0 Å². The molecule has 1 fully saturated rings. The zero-order chi connectivity index (χ0) is 29.4. The van der Waals surface area contributed by atoms with Crippen molar-refractivity contribution < 1.29 is 18.0 Å². The fourth-order valence-electron chi connectivity index (χ4n) is 5.48. The van der Waals surface area contributed by atoms with Gasteiger partial charge < -0.3 is 10.2 Å². The number of aryl methyl sites for hydroxylation is 1. The molecule has 0 aromatic heterocycles. The van der Waals surface area contributed by atoms with Gasteiger partial charge in [0.25, 0.3) is 0 Å². The molecule has 41 heavy (non-hydrogen) atoms. The molecule has 1 saturated carbocycles. The first-order valence-electron chi connectivity index (χ1n) is 14.3. The Morgan fingerprint density at radius 1 is 0.854 bits per heavy atom. The number of sulfonamides is 1. The maximum atomic E-state index is 14.2. The SMILES string of the molecule is Cc1cccc(N(CC(=O)N(Cc2ccccc2)[C@@H](Cc2ccccc2)C(=O)NC2CCCCC2)S(C)(=O)=O)c1C. The first-order chi connectivity index (χ1) is 19.6. The lowest BCUT2D eigenvalue weighted by atomic mass is 9.94. The minimum Gasteiger partial charge on any atom is -0.352 e. The number of nitrogens with zero attached hydrogens (tertiary/aromatic N) is 2. The number of nitrogens with one attached hydrogen (secondary N) is 1. The first-order valence-corrected chi connectivity index (χ1v) is 16.2. The highest BCUT2D eigenvalue weighted by Gasteiger charge is 2.34. The third-order valence-corrected chi connectivity index (χ3v) is 9.07. The van der Waals surface area contributed by atoms with Gasteiger partial charge in [-0.25, -0.2) is 8.42 Å². The normalized spacial score (nSPS) is 14.7. The van der Waals surface area contributed by atoms with E-state index in [4.69, 9.17) is 0 Å². The fraction of sp³-hybridized carbons (Fsp3) is 0.394. The zero-order valence-electron chi connectivity index (χ0n) is 24.3. The molecule has 0 aliphatic heterocycles. The minimum atomic E-state index is -3.80. The molecule has 3 aromatic carbocycles.